The van der Waals surface area contributed by atoms with Crippen molar-refractivity contribution < 1.29 is 0 Å². The Morgan fingerprint density at radius 2 is 1.57 bits per heavy atom. The third kappa shape index (κ3) is 3.29. The number of nitrogens with zero attached hydrogens (tertiary/aromatic N) is 2. The summed E-state index contributed by atoms with van der Waals surface area (Å²) in [5.41, 5.74) is 3.80. The number of hydrogen-bond donors (Lipinski definition) is 0. The van der Waals surface area contributed by atoms with Crippen LogP contribution < -0.4 is 0 Å². The van der Waals surface area contributed by atoms with Gasteiger partial charge >= 0.3 is 0 Å². The van der Waals surface area contributed by atoms with Crippen LogP contribution >= 0.6 is 0 Å². The number of pyridine rings is 1. The van der Waals surface area contributed by atoms with Gasteiger partial charge in [0.05, 0.1) is 5.69 Å². The maximum Gasteiger partial charge on any atom is 0.0525 e. The van der Waals surface area contributed by atoms with Crippen LogP contribution in [0.2, 0.25) is 0 Å². The zero-order valence-corrected chi connectivity index (χ0v) is 12.6. The van der Waals surface area contributed by atoms with Gasteiger partial charge in [-0.15, -0.1) is 0 Å². The Morgan fingerprint density at radius 3 is 2.33 bits per heavy atom. The van der Waals surface area contributed by atoms with Gasteiger partial charge in [0.2, 0.25) is 0 Å². The van der Waals surface area contributed by atoms with Gasteiger partial charge < -0.3 is 4.90 Å². The fraction of sp³-hybridized carbons (Fsp3) is 0.211. The van der Waals surface area contributed by atoms with Crippen LogP contribution in [0.3, 0.4) is 0 Å². The van der Waals surface area contributed by atoms with E-state index in [0.29, 0.717) is 0 Å². The lowest BCUT2D eigenvalue weighted by molar-refractivity contribution is 0.402. The Kier molecular flexibility index (Phi) is 3.98. The average molecular weight is 276 g/mol. The second-order valence-electron chi connectivity index (χ2n) is 5.71. The second-order valence-corrected chi connectivity index (χ2v) is 5.71. The molecule has 0 saturated carbocycles. The minimum Gasteiger partial charge on any atom is -0.305 e. The number of hydrogen-bond acceptors (Lipinski definition) is 2. The lowest BCUT2D eigenvalue weighted by atomic mass is 10.0. The van der Waals surface area contributed by atoms with Crippen molar-refractivity contribution in [3.05, 3.63) is 77.6 Å². The molecular formula is C19H20N2. The first-order chi connectivity index (χ1) is 10.2. The number of rotatable bonds is 4. The Hall–Kier alpha value is -2.19. The van der Waals surface area contributed by atoms with Crippen molar-refractivity contribution in [3.63, 3.8) is 0 Å². The smallest absolute Gasteiger partial charge is 0.0525 e. The van der Waals surface area contributed by atoms with Crippen molar-refractivity contribution in [2.75, 3.05) is 14.1 Å². The van der Waals surface area contributed by atoms with Gasteiger partial charge in [0, 0.05) is 24.5 Å². The highest BCUT2D eigenvalue weighted by molar-refractivity contribution is 5.84. The van der Waals surface area contributed by atoms with Crippen molar-refractivity contribution in [1.82, 2.24) is 9.88 Å². The largest absolute Gasteiger partial charge is 0.305 e. The highest BCUT2D eigenvalue weighted by atomic mass is 15.0. The van der Waals surface area contributed by atoms with E-state index in [1.165, 1.54) is 21.9 Å². The second kappa shape index (κ2) is 6.06. The molecule has 21 heavy (non-hydrogen) atoms. The SMILES string of the molecule is CN(C)Cc1ccc(Cc2nccc3ccccc23)cc1. The van der Waals surface area contributed by atoms with Crippen LogP contribution in [0, 0.1) is 0 Å². The third-order valence-electron chi connectivity index (χ3n) is 3.65. The van der Waals surface area contributed by atoms with Gasteiger partial charge in [0.25, 0.3) is 0 Å². The van der Waals surface area contributed by atoms with Crippen LogP contribution in [0.1, 0.15) is 16.8 Å². The summed E-state index contributed by atoms with van der Waals surface area (Å²) in [6.07, 6.45) is 2.78. The summed E-state index contributed by atoms with van der Waals surface area (Å²) >= 11 is 0. The molecule has 0 unspecified atom stereocenters. The summed E-state index contributed by atoms with van der Waals surface area (Å²) in [5.74, 6) is 0. The molecular weight excluding hydrogens is 256 g/mol. The van der Waals surface area contributed by atoms with Crippen LogP contribution in [-0.2, 0) is 13.0 Å². The van der Waals surface area contributed by atoms with Crippen LogP contribution in [0.5, 0.6) is 0 Å². The molecule has 1 heterocycles. The summed E-state index contributed by atoms with van der Waals surface area (Å²) in [4.78, 5) is 6.75. The highest BCUT2D eigenvalue weighted by Crippen LogP contribution is 2.19. The summed E-state index contributed by atoms with van der Waals surface area (Å²) in [6, 6.07) is 19.3. The maximum atomic E-state index is 4.56. The van der Waals surface area contributed by atoms with Gasteiger partial charge in [-0.1, -0.05) is 48.5 Å². The first kappa shape index (κ1) is 13.8. The van der Waals surface area contributed by atoms with Gasteiger partial charge in [-0.05, 0) is 36.7 Å². The van der Waals surface area contributed by atoms with Gasteiger partial charge in [-0.3, -0.25) is 4.98 Å². The van der Waals surface area contributed by atoms with E-state index in [2.05, 4.69) is 78.6 Å². The van der Waals surface area contributed by atoms with Crippen molar-refractivity contribution in [1.29, 1.82) is 0 Å². The summed E-state index contributed by atoms with van der Waals surface area (Å²) in [6.45, 7) is 0.979. The molecule has 3 rings (SSSR count). The zero-order valence-electron chi connectivity index (χ0n) is 12.6. The molecule has 0 fully saturated rings. The van der Waals surface area contributed by atoms with E-state index < -0.39 is 0 Å². The van der Waals surface area contributed by atoms with Crippen LogP contribution in [0.15, 0.2) is 60.8 Å². The Labute approximate surface area is 126 Å². The fourth-order valence-electron chi connectivity index (χ4n) is 2.64. The monoisotopic (exact) mass is 276 g/mol. The van der Waals surface area contributed by atoms with Crippen molar-refractivity contribution >= 4 is 10.8 Å². The first-order valence-electron chi connectivity index (χ1n) is 7.27. The van der Waals surface area contributed by atoms with Crippen LogP contribution in [0.25, 0.3) is 10.8 Å². The van der Waals surface area contributed by atoms with Gasteiger partial charge in [-0.2, -0.15) is 0 Å². The number of aromatic nitrogens is 1. The Bertz CT molecular complexity index is 725. The molecule has 0 spiro atoms. The van der Waals surface area contributed by atoms with Crippen molar-refractivity contribution in [2.24, 2.45) is 0 Å². The summed E-state index contributed by atoms with van der Waals surface area (Å²) in [5, 5.41) is 2.50. The molecule has 0 amide bonds. The molecule has 0 bridgehead atoms. The molecule has 1 aromatic heterocycles. The molecule has 2 heteroatoms. The van der Waals surface area contributed by atoms with Crippen LogP contribution in [0.4, 0.5) is 0 Å². The van der Waals surface area contributed by atoms with E-state index >= 15 is 0 Å². The van der Waals surface area contributed by atoms with E-state index in [0.717, 1.165) is 18.7 Å². The molecule has 2 aromatic carbocycles. The average Bonchev–Trinajstić information content (AvgIpc) is 2.49. The molecule has 106 valence electrons. The highest BCUT2D eigenvalue weighted by Gasteiger charge is 2.04. The predicted octanol–water partition coefficient (Wildman–Crippen LogP) is 3.89. The molecule has 0 atom stereocenters. The van der Waals surface area contributed by atoms with Crippen molar-refractivity contribution in [2.45, 2.75) is 13.0 Å². The molecule has 0 aliphatic rings. The minimum absolute atomic E-state index is 0.879. The quantitative estimate of drug-likeness (QED) is 0.718. The molecule has 0 radical (unpaired) electrons. The molecule has 0 aliphatic carbocycles. The molecule has 0 aliphatic heterocycles. The van der Waals surface area contributed by atoms with E-state index in [1.54, 1.807) is 0 Å². The van der Waals surface area contributed by atoms with E-state index in [-0.39, 0.29) is 0 Å². The Balaban J connectivity index is 1.85. The fourth-order valence-corrected chi connectivity index (χ4v) is 2.64. The normalized spacial score (nSPS) is 11.2. The summed E-state index contributed by atoms with van der Waals surface area (Å²) in [7, 11) is 4.18. The van der Waals surface area contributed by atoms with Gasteiger partial charge in [0.1, 0.15) is 0 Å². The number of fused-ring (bicyclic) bond motifs is 1. The van der Waals surface area contributed by atoms with Crippen LogP contribution in [-0.4, -0.2) is 24.0 Å². The minimum atomic E-state index is 0.879. The lowest BCUT2D eigenvalue weighted by Crippen LogP contribution is -2.10. The third-order valence-corrected chi connectivity index (χ3v) is 3.65. The lowest BCUT2D eigenvalue weighted by Gasteiger charge is -2.10. The molecule has 3 aromatic rings. The molecule has 2 nitrogen and oxygen atoms in total. The Morgan fingerprint density at radius 1 is 0.857 bits per heavy atom. The zero-order chi connectivity index (χ0) is 14.7. The van der Waals surface area contributed by atoms with E-state index in [4.69, 9.17) is 0 Å². The van der Waals surface area contributed by atoms with E-state index in [1.807, 2.05) is 6.20 Å². The predicted molar refractivity (Wildman–Crippen MR) is 88.4 cm³/mol. The molecule has 0 N–H and O–H groups in total. The standard InChI is InChI=1S/C19H20N2/c1-21(2)14-16-9-7-15(8-10-16)13-19-18-6-4-3-5-17(18)11-12-20-19/h3-12H,13-14H2,1-2H3. The van der Waals surface area contributed by atoms with Gasteiger partial charge in [0.15, 0.2) is 0 Å². The number of benzene rings is 2. The van der Waals surface area contributed by atoms with E-state index in [9.17, 15) is 0 Å². The topological polar surface area (TPSA) is 16.1 Å². The maximum absolute atomic E-state index is 4.56. The molecule has 0 saturated heterocycles. The van der Waals surface area contributed by atoms with Crippen molar-refractivity contribution in [3.8, 4) is 0 Å². The summed E-state index contributed by atoms with van der Waals surface area (Å²) < 4.78 is 0. The van der Waals surface area contributed by atoms with Gasteiger partial charge in [-0.25, -0.2) is 0 Å². The first-order valence-corrected chi connectivity index (χ1v) is 7.27.